The van der Waals surface area contributed by atoms with E-state index in [2.05, 4.69) is 46.0 Å². The van der Waals surface area contributed by atoms with E-state index < -0.39 is 0 Å². The highest BCUT2D eigenvalue weighted by Crippen LogP contribution is 2.40. The van der Waals surface area contributed by atoms with Gasteiger partial charge in [0.1, 0.15) is 11.4 Å². The molecule has 0 bridgehead atoms. The lowest BCUT2D eigenvalue weighted by molar-refractivity contribution is -0.134. The number of benzene rings is 2. The summed E-state index contributed by atoms with van der Waals surface area (Å²) in [6, 6.07) is 16.8. The summed E-state index contributed by atoms with van der Waals surface area (Å²) in [7, 11) is 1.39. The Balaban J connectivity index is 1.38. The molecule has 0 radical (unpaired) electrons. The van der Waals surface area contributed by atoms with Crippen LogP contribution in [0.3, 0.4) is 0 Å². The van der Waals surface area contributed by atoms with E-state index in [1.807, 2.05) is 12.1 Å². The molecular weight excluding hydrogens is 350 g/mol. The molecule has 146 valence electrons. The van der Waals surface area contributed by atoms with Gasteiger partial charge in [0, 0.05) is 25.7 Å². The van der Waals surface area contributed by atoms with Crippen LogP contribution in [0.15, 0.2) is 54.6 Å². The minimum Gasteiger partial charge on any atom is -0.487 e. The fraction of sp³-hybridized carbons (Fsp3) is 0.375. The average Bonchev–Trinajstić information content (AvgIpc) is 2.74. The number of aryl methyl sites for hydroxylation is 1. The summed E-state index contributed by atoms with van der Waals surface area (Å²) in [5, 5.41) is 0. The first-order chi connectivity index (χ1) is 13.7. The van der Waals surface area contributed by atoms with E-state index in [0.717, 1.165) is 56.6 Å². The molecule has 0 aliphatic carbocycles. The minimum absolute atomic E-state index is 0.0242. The van der Waals surface area contributed by atoms with Gasteiger partial charge in [-0.3, -0.25) is 4.90 Å². The van der Waals surface area contributed by atoms with E-state index in [0.29, 0.717) is 0 Å². The van der Waals surface area contributed by atoms with Gasteiger partial charge in [-0.15, -0.1) is 0 Å². The lowest BCUT2D eigenvalue weighted by Gasteiger charge is -2.44. The molecule has 2 heterocycles. The number of ether oxygens (including phenoxy) is 2. The van der Waals surface area contributed by atoms with Gasteiger partial charge in [0.15, 0.2) is 0 Å². The highest BCUT2D eigenvalue weighted by molar-refractivity contribution is 5.87. The van der Waals surface area contributed by atoms with Gasteiger partial charge in [0.25, 0.3) is 0 Å². The second-order valence-electron chi connectivity index (χ2n) is 7.77. The number of rotatable bonds is 4. The monoisotopic (exact) mass is 377 g/mol. The maximum absolute atomic E-state index is 11.3. The van der Waals surface area contributed by atoms with Crippen LogP contribution in [-0.4, -0.2) is 36.7 Å². The van der Waals surface area contributed by atoms with E-state index in [1.165, 1.54) is 24.3 Å². The first kappa shape index (κ1) is 18.8. The van der Waals surface area contributed by atoms with Gasteiger partial charge in [-0.05, 0) is 60.6 Å². The fourth-order valence-electron chi connectivity index (χ4n) is 4.19. The molecule has 2 aliphatic rings. The number of nitrogens with zero attached hydrogens (tertiary/aromatic N) is 1. The van der Waals surface area contributed by atoms with Crippen LogP contribution in [0.1, 0.15) is 36.0 Å². The van der Waals surface area contributed by atoms with E-state index in [1.54, 1.807) is 6.08 Å². The third-order valence-corrected chi connectivity index (χ3v) is 5.89. The second kappa shape index (κ2) is 8.19. The molecule has 0 unspecified atom stereocenters. The first-order valence-electron chi connectivity index (χ1n) is 10.0. The topological polar surface area (TPSA) is 38.8 Å². The molecule has 28 heavy (non-hydrogen) atoms. The van der Waals surface area contributed by atoms with Crippen molar-refractivity contribution in [3.8, 4) is 5.75 Å². The summed E-state index contributed by atoms with van der Waals surface area (Å²) < 4.78 is 11.2. The summed E-state index contributed by atoms with van der Waals surface area (Å²) in [4.78, 5) is 13.8. The Morgan fingerprint density at radius 2 is 1.93 bits per heavy atom. The molecular formula is C24H27NO3. The Morgan fingerprint density at radius 3 is 2.68 bits per heavy atom. The summed E-state index contributed by atoms with van der Waals surface area (Å²) >= 11 is 0. The van der Waals surface area contributed by atoms with E-state index in [4.69, 9.17) is 4.74 Å². The smallest absolute Gasteiger partial charge is 0.330 e. The average molecular weight is 377 g/mol. The van der Waals surface area contributed by atoms with Crippen molar-refractivity contribution in [2.75, 3.05) is 20.2 Å². The zero-order valence-corrected chi connectivity index (χ0v) is 16.4. The maximum atomic E-state index is 11.3. The minimum atomic E-state index is -0.338. The van der Waals surface area contributed by atoms with Crippen molar-refractivity contribution in [1.29, 1.82) is 0 Å². The Bertz CT molecular complexity index is 851. The lowest BCUT2D eigenvalue weighted by atomic mass is 9.82. The zero-order valence-electron chi connectivity index (χ0n) is 16.4. The van der Waals surface area contributed by atoms with Crippen LogP contribution in [0.25, 0.3) is 6.08 Å². The number of carbonyl (C=O) groups excluding carboxylic acids is 1. The fourth-order valence-corrected chi connectivity index (χ4v) is 4.19. The molecule has 2 aromatic rings. The SMILES string of the molecule is COC(=O)C=Cc1ccc2c(c1)CCC1(CCN(Cc3ccccc3)CC1)O2. The van der Waals surface area contributed by atoms with Gasteiger partial charge in [-0.25, -0.2) is 4.79 Å². The quantitative estimate of drug-likeness (QED) is 0.590. The summed E-state index contributed by atoms with van der Waals surface area (Å²) in [6.07, 6.45) is 7.47. The van der Waals surface area contributed by atoms with Crippen molar-refractivity contribution in [1.82, 2.24) is 4.90 Å². The molecule has 1 spiro atoms. The van der Waals surface area contributed by atoms with Crippen molar-refractivity contribution < 1.29 is 14.3 Å². The van der Waals surface area contributed by atoms with Gasteiger partial charge < -0.3 is 9.47 Å². The Kier molecular flexibility index (Phi) is 5.49. The molecule has 2 aromatic carbocycles. The molecule has 1 saturated heterocycles. The number of fused-ring (bicyclic) bond motifs is 1. The highest BCUT2D eigenvalue weighted by atomic mass is 16.5. The second-order valence-corrected chi connectivity index (χ2v) is 7.77. The molecule has 1 fully saturated rings. The van der Waals surface area contributed by atoms with Crippen molar-refractivity contribution in [3.63, 3.8) is 0 Å². The predicted octanol–water partition coefficient (Wildman–Crippen LogP) is 4.23. The van der Waals surface area contributed by atoms with Gasteiger partial charge in [-0.1, -0.05) is 36.4 Å². The normalized spacial score (nSPS) is 18.6. The number of likely N-dealkylation sites (tertiary alicyclic amines) is 1. The summed E-state index contributed by atoms with van der Waals surface area (Å²) in [5.74, 6) is 0.660. The molecule has 4 rings (SSSR count). The van der Waals surface area contributed by atoms with E-state index in [-0.39, 0.29) is 11.6 Å². The molecule has 4 heteroatoms. The van der Waals surface area contributed by atoms with Gasteiger partial charge in [0.2, 0.25) is 0 Å². The van der Waals surface area contributed by atoms with Crippen molar-refractivity contribution >= 4 is 12.0 Å². The van der Waals surface area contributed by atoms with Crippen molar-refractivity contribution in [3.05, 3.63) is 71.3 Å². The molecule has 4 nitrogen and oxygen atoms in total. The van der Waals surface area contributed by atoms with E-state index in [9.17, 15) is 4.79 Å². The molecule has 0 aromatic heterocycles. The van der Waals surface area contributed by atoms with Gasteiger partial charge in [0.05, 0.1) is 7.11 Å². The molecule has 0 N–H and O–H groups in total. The number of carbonyl (C=O) groups is 1. The van der Waals surface area contributed by atoms with E-state index >= 15 is 0 Å². The third kappa shape index (κ3) is 4.28. The molecule has 0 amide bonds. The Labute approximate surface area is 166 Å². The third-order valence-electron chi connectivity index (χ3n) is 5.89. The van der Waals surface area contributed by atoms with Crippen LogP contribution in [0.4, 0.5) is 0 Å². The highest BCUT2D eigenvalue weighted by Gasteiger charge is 2.39. The Morgan fingerprint density at radius 1 is 1.14 bits per heavy atom. The number of piperidine rings is 1. The molecule has 0 saturated carbocycles. The van der Waals surface area contributed by atoms with Crippen molar-refractivity contribution in [2.24, 2.45) is 0 Å². The van der Waals surface area contributed by atoms with Crippen molar-refractivity contribution in [2.45, 2.75) is 37.8 Å². The maximum Gasteiger partial charge on any atom is 0.330 e. The Hall–Kier alpha value is -2.59. The van der Waals surface area contributed by atoms with Gasteiger partial charge in [-0.2, -0.15) is 0 Å². The van der Waals surface area contributed by atoms with Crippen LogP contribution < -0.4 is 4.74 Å². The van der Waals surface area contributed by atoms with Crippen LogP contribution >= 0.6 is 0 Å². The summed E-state index contributed by atoms with van der Waals surface area (Å²) in [6.45, 7) is 3.16. The first-order valence-corrected chi connectivity index (χ1v) is 10.0. The number of hydrogen-bond acceptors (Lipinski definition) is 4. The number of hydrogen-bond donors (Lipinski definition) is 0. The largest absolute Gasteiger partial charge is 0.487 e. The molecule has 0 atom stereocenters. The number of esters is 1. The number of methoxy groups -OCH3 is 1. The molecule has 2 aliphatic heterocycles. The van der Waals surface area contributed by atoms with Gasteiger partial charge >= 0.3 is 5.97 Å². The zero-order chi connectivity index (χ0) is 19.4. The lowest BCUT2D eigenvalue weighted by Crippen LogP contribution is -2.49. The predicted molar refractivity (Wildman–Crippen MR) is 110 cm³/mol. The summed E-state index contributed by atoms with van der Waals surface area (Å²) in [5.41, 5.74) is 3.58. The standard InChI is InChI=1S/C24H27NO3/c1-27-23(26)10-8-19-7-9-22-21(17-19)11-12-24(28-22)13-15-25(16-14-24)18-20-5-3-2-4-6-20/h2-10,17H,11-16,18H2,1H3. The van der Waals surface area contributed by atoms with Crippen LogP contribution in [0.5, 0.6) is 5.75 Å². The van der Waals surface area contributed by atoms with Crippen LogP contribution in [-0.2, 0) is 22.5 Å². The van der Waals surface area contributed by atoms with Crippen LogP contribution in [0.2, 0.25) is 0 Å². The van der Waals surface area contributed by atoms with Crippen LogP contribution in [0, 0.1) is 0 Å².